The van der Waals surface area contributed by atoms with Crippen molar-refractivity contribution in [1.82, 2.24) is 4.98 Å². The number of carbonyl (C=O) groups is 1. The Morgan fingerprint density at radius 3 is 2.42 bits per heavy atom. The maximum absolute atomic E-state index is 10.4. The van der Waals surface area contributed by atoms with Crippen molar-refractivity contribution < 1.29 is 9.90 Å². The first kappa shape index (κ1) is 9.58. The van der Waals surface area contributed by atoms with Crippen molar-refractivity contribution >= 4 is 40.8 Å². The van der Waals surface area contributed by atoms with Crippen LogP contribution in [-0.4, -0.2) is 11.0 Å². The van der Waals surface area contributed by atoms with Crippen LogP contribution < -0.4 is 5.11 Å². The van der Waals surface area contributed by atoms with Crippen LogP contribution in [0.25, 0.3) is 0 Å². The quantitative estimate of drug-likeness (QED) is 0.679. The fraction of sp³-hybridized carbons (Fsp3) is 0. The topological polar surface area (TPSA) is 53.0 Å². The summed E-state index contributed by atoms with van der Waals surface area (Å²) in [6, 6.07) is 1.18. The fourth-order valence-corrected chi connectivity index (χ4v) is 1.52. The zero-order chi connectivity index (χ0) is 9.30. The Kier molecular flexibility index (Phi) is 2.77. The van der Waals surface area contributed by atoms with E-state index in [4.69, 9.17) is 34.8 Å². The minimum absolute atomic E-state index is 0.0370. The number of pyridine rings is 1. The molecule has 0 bridgehead atoms. The number of rotatable bonds is 1. The first-order valence-electron chi connectivity index (χ1n) is 2.75. The molecule has 0 fully saturated rings. The standard InChI is InChI=1S/C6H2Cl3NO2/c7-2-1-3(8)10-5(9)4(2)6(11)12/h1H,(H,11,12)/p-1. The number of carboxylic acid groups (broad SMARTS) is 1. The molecule has 3 nitrogen and oxygen atoms in total. The van der Waals surface area contributed by atoms with Gasteiger partial charge in [0, 0.05) is 0 Å². The van der Waals surface area contributed by atoms with E-state index in [1.54, 1.807) is 0 Å². The third kappa shape index (κ3) is 1.80. The Bertz CT molecular complexity index is 317. The van der Waals surface area contributed by atoms with E-state index in [-0.39, 0.29) is 20.9 Å². The van der Waals surface area contributed by atoms with Gasteiger partial charge in [0.15, 0.2) is 0 Å². The van der Waals surface area contributed by atoms with E-state index in [9.17, 15) is 9.90 Å². The van der Waals surface area contributed by atoms with Crippen LogP contribution in [0.4, 0.5) is 0 Å². The van der Waals surface area contributed by atoms with Crippen LogP contribution in [0.5, 0.6) is 0 Å². The highest BCUT2D eigenvalue weighted by atomic mass is 35.5. The van der Waals surface area contributed by atoms with Crippen molar-refractivity contribution in [1.29, 1.82) is 0 Å². The normalized spacial score (nSPS) is 9.92. The van der Waals surface area contributed by atoms with Crippen LogP contribution in [0.1, 0.15) is 10.4 Å². The van der Waals surface area contributed by atoms with E-state index >= 15 is 0 Å². The van der Waals surface area contributed by atoms with Crippen LogP contribution in [0.3, 0.4) is 0 Å². The number of nitrogens with zero attached hydrogens (tertiary/aromatic N) is 1. The molecule has 0 aliphatic rings. The number of halogens is 3. The first-order valence-corrected chi connectivity index (χ1v) is 3.88. The van der Waals surface area contributed by atoms with E-state index < -0.39 is 5.97 Å². The second-order valence-corrected chi connectivity index (χ2v) is 3.03. The molecule has 0 unspecified atom stereocenters. The van der Waals surface area contributed by atoms with Gasteiger partial charge < -0.3 is 9.90 Å². The van der Waals surface area contributed by atoms with Gasteiger partial charge in [-0.1, -0.05) is 34.8 Å². The summed E-state index contributed by atoms with van der Waals surface area (Å²) >= 11 is 16.4. The van der Waals surface area contributed by atoms with E-state index in [0.29, 0.717) is 0 Å². The highest BCUT2D eigenvalue weighted by Crippen LogP contribution is 2.24. The zero-order valence-corrected chi connectivity index (χ0v) is 7.74. The summed E-state index contributed by atoms with van der Waals surface area (Å²) in [4.78, 5) is 13.9. The van der Waals surface area contributed by atoms with Gasteiger partial charge in [-0.05, 0) is 6.07 Å². The van der Waals surface area contributed by atoms with Gasteiger partial charge in [0.2, 0.25) is 0 Å². The molecule has 1 aromatic heterocycles. The molecule has 1 aromatic rings. The lowest BCUT2D eigenvalue weighted by Crippen LogP contribution is -2.23. The molecule has 0 atom stereocenters. The van der Waals surface area contributed by atoms with E-state index in [0.717, 1.165) is 0 Å². The lowest BCUT2D eigenvalue weighted by Gasteiger charge is -2.06. The van der Waals surface area contributed by atoms with E-state index in [1.807, 2.05) is 0 Å². The van der Waals surface area contributed by atoms with Crippen LogP contribution in [0.2, 0.25) is 15.3 Å². The monoisotopic (exact) mass is 224 g/mol. The molecular weight excluding hydrogens is 224 g/mol. The largest absolute Gasteiger partial charge is 0.545 e. The predicted molar refractivity (Wildman–Crippen MR) is 43.6 cm³/mol. The first-order chi connectivity index (χ1) is 5.52. The maximum atomic E-state index is 10.4. The SMILES string of the molecule is O=C([O-])c1c(Cl)cc(Cl)nc1Cl. The molecule has 0 radical (unpaired) electrons. The molecule has 0 aliphatic carbocycles. The summed E-state index contributed by atoms with van der Waals surface area (Å²) < 4.78 is 0. The van der Waals surface area contributed by atoms with Crippen molar-refractivity contribution in [3.05, 3.63) is 27.0 Å². The van der Waals surface area contributed by atoms with Gasteiger partial charge in [-0.3, -0.25) is 0 Å². The Labute approximate surface area is 82.9 Å². The molecule has 6 heteroatoms. The molecule has 0 amide bonds. The molecule has 1 rings (SSSR count). The summed E-state index contributed by atoms with van der Waals surface area (Å²) in [5.74, 6) is -1.48. The lowest BCUT2D eigenvalue weighted by atomic mass is 10.3. The number of carboxylic acids is 1. The van der Waals surface area contributed by atoms with Gasteiger partial charge in [-0.15, -0.1) is 0 Å². The van der Waals surface area contributed by atoms with Gasteiger partial charge in [-0.2, -0.15) is 0 Å². The maximum Gasteiger partial charge on any atom is 0.141 e. The van der Waals surface area contributed by atoms with Crippen LogP contribution in [-0.2, 0) is 0 Å². The molecule has 0 aromatic carbocycles. The zero-order valence-electron chi connectivity index (χ0n) is 5.47. The molecule has 0 spiro atoms. The summed E-state index contributed by atoms with van der Waals surface area (Å²) in [5, 5.41) is 10.1. The molecule has 0 saturated carbocycles. The Hall–Kier alpha value is -0.510. The fourth-order valence-electron chi connectivity index (χ4n) is 0.639. The number of carbonyl (C=O) groups excluding carboxylic acids is 1. The van der Waals surface area contributed by atoms with Gasteiger partial charge in [0.1, 0.15) is 10.3 Å². The average molecular weight is 225 g/mol. The Morgan fingerprint density at radius 1 is 1.42 bits per heavy atom. The van der Waals surface area contributed by atoms with Gasteiger partial charge in [-0.25, -0.2) is 4.98 Å². The average Bonchev–Trinajstić information content (AvgIpc) is 1.82. The van der Waals surface area contributed by atoms with Crippen LogP contribution in [0, 0.1) is 0 Å². The second-order valence-electron chi connectivity index (χ2n) is 1.88. The van der Waals surface area contributed by atoms with Crippen molar-refractivity contribution in [2.75, 3.05) is 0 Å². The van der Waals surface area contributed by atoms with Crippen LogP contribution >= 0.6 is 34.8 Å². The van der Waals surface area contributed by atoms with E-state index in [1.165, 1.54) is 6.07 Å². The molecule has 12 heavy (non-hydrogen) atoms. The summed E-state index contributed by atoms with van der Waals surface area (Å²) in [6.45, 7) is 0. The highest BCUT2D eigenvalue weighted by Gasteiger charge is 2.09. The van der Waals surface area contributed by atoms with Crippen molar-refractivity contribution in [3.63, 3.8) is 0 Å². The van der Waals surface area contributed by atoms with Gasteiger partial charge >= 0.3 is 0 Å². The smallest absolute Gasteiger partial charge is 0.141 e. The lowest BCUT2D eigenvalue weighted by molar-refractivity contribution is -0.255. The molecule has 64 valence electrons. The minimum atomic E-state index is -1.48. The van der Waals surface area contributed by atoms with Gasteiger partial charge in [0.05, 0.1) is 16.6 Å². The second kappa shape index (κ2) is 3.47. The van der Waals surface area contributed by atoms with Crippen molar-refractivity contribution in [2.45, 2.75) is 0 Å². The highest BCUT2D eigenvalue weighted by molar-refractivity contribution is 6.40. The summed E-state index contributed by atoms with van der Waals surface area (Å²) in [6.07, 6.45) is 0. The third-order valence-electron chi connectivity index (χ3n) is 1.10. The molecule has 0 N–H and O–H groups in total. The third-order valence-corrected chi connectivity index (χ3v) is 1.87. The Morgan fingerprint density at radius 2 is 2.00 bits per heavy atom. The number of aromatic carboxylic acids is 1. The molecular formula is C6HCl3NO2-. The van der Waals surface area contributed by atoms with Gasteiger partial charge in [0.25, 0.3) is 0 Å². The van der Waals surface area contributed by atoms with Crippen LogP contribution in [0.15, 0.2) is 6.07 Å². The predicted octanol–water partition coefficient (Wildman–Crippen LogP) is 1.41. The van der Waals surface area contributed by atoms with Crippen molar-refractivity contribution in [2.24, 2.45) is 0 Å². The number of hydrogen-bond donors (Lipinski definition) is 0. The minimum Gasteiger partial charge on any atom is -0.545 e. The van der Waals surface area contributed by atoms with Crippen molar-refractivity contribution in [3.8, 4) is 0 Å². The van der Waals surface area contributed by atoms with E-state index in [2.05, 4.69) is 4.98 Å². The molecule has 0 saturated heterocycles. The molecule has 0 aliphatic heterocycles. The summed E-state index contributed by atoms with van der Waals surface area (Å²) in [7, 11) is 0. The number of aromatic nitrogens is 1. The number of hydrogen-bond acceptors (Lipinski definition) is 3. The molecule has 1 heterocycles. The summed E-state index contributed by atoms with van der Waals surface area (Å²) in [5.41, 5.74) is -0.345. The Balaban J connectivity index is 3.38.